The predicted octanol–water partition coefficient (Wildman–Crippen LogP) is 4.43. The summed E-state index contributed by atoms with van der Waals surface area (Å²) in [6.07, 6.45) is -0.695. The molecule has 1 atom stereocenters. The largest absolute Gasteiger partial charge is 0.454 e. The van der Waals surface area contributed by atoms with E-state index in [0.29, 0.717) is 11.3 Å². The molecule has 2 nitrogen and oxygen atoms in total. The van der Waals surface area contributed by atoms with E-state index in [2.05, 4.69) is 15.9 Å². The molecule has 0 aliphatic carbocycles. The molecule has 18 heavy (non-hydrogen) atoms. The van der Waals surface area contributed by atoms with E-state index in [0.717, 1.165) is 4.47 Å². The van der Waals surface area contributed by atoms with E-state index in [1.165, 1.54) is 12.1 Å². The minimum absolute atomic E-state index is 0.137. The third-order valence-corrected chi connectivity index (χ3v) is 2.96. The smallest absolute Gasteiger partial charge is 0.166 e. The fourth-order valence-electron chi connectivity index (χ4n) is 1.52. The Kier molecular flexibility index (Phi) is 3.99. The van der Waals surface area contributed by atoms with Gasteiger partial charge in [-0.15, -0.1) is 0 Å². The number of aliphatic hydroxyl groups excluding tert-OH is 1. The lowest BCUT2D eigenvalue weighted by atomic mass is 10.1. The maximum absolute atomic E-state index is 13.7. The van der Waals surface area contributed by atoms with E-state index < -0.39 is 11.9 Å². The highest BCUT2D eigenvalue weighted by Crippen LogP contribution is 2.28. The summed E-state index contributed by atoms with van der Waals surface area (Å²) in [6.45, 7) is 1.59. The van der Waals surface area contributed by atoms with Crippen molar-refractivity contribution in [3.63, 3.8) is 0 Å². The molecule has 0 aliphatic rings. The van der Waals surface area contributed by atoms with Crippen LogP contribution in [0.3, 0.4) is 0 Å². The quantitative estimate of drug-likeness (QED) is 0.908. The van der Waals surface area contributed by atoms with Crippen LogP contribution < -0.4 is 4.74 Å². The Hall–Kier alpha value is -1.39. The summed E-state index contributed by atoms with van der Waals surface area (Å²) in [4.78, 5) is 0. The molecule has 1 N–H and O–H groups in total. The first kappa shape index (κ1) is 13.1. The lowest BCUT2D eigenvalue weighted by Gasteiger charge is -2.09. The summed E-state index contributed by atoms with van der Waals surface area (Å²) in [5.74, 6) is 0.193. The summed E-state index contributed by atoms with van der Waals surface area (Å²) < 4.78 is 20.0. The van der Waals surface area contributed by atoms with Crippen LogP contribution in [0.1, 0.15) is 18.6 Å². The topological polar surface area (TPSA) is 29.5 Å². The third kappa shape index (κ3) is 3.09. The number of halogens is 2. The number of benzene rings is 2. The van der Waals surface area contributed by atoms with Crippen molar-refractivity contribution in [2.45, 2.75) is 13.0 Å². The first-order valence-electron chi connectivity index (χ1n) is 5.47. The molecule has 0 aromatic heterocycles. The number of rotatable bonds is 3. The Labute approximate surface area is 113 Å². The molecule has 0 saturated carbocycles. The minimum Gasteiger partial charge on any atom is -0.454 e. The molecule has 0 fully saturated rings. The first-order chi connectivity index (χ1) is 8.56. The summed E-state index contributed by atoms with van der Waals surface area (Å²) in [5.41, 5.74) is 0.522. The highest BCUT2D eigenvalue weighted by Gasteiger charge is 2.08. The lowest BCUT2D eigenvalue weighted by molar-refractivity contribution is 0.198. The second kappa shape index (κ2) is 5.50. The van der Waals surface area contributed by atoms with Crippen molar-refractivity contribution < 1.29 is 14.2 Å². The van der Waals surface area contributed by atoms with Crippen molar-refractivity contribution in [1.82, 2.24) is 0 Å². The van der Waals surface area contributed by atoms with Crippen LogP contribution in [0.25, 0.3) is 0 Å². The van der Waals surface area contributed by atoms with Crippen molar-refractivity contribution in [3.8, 4) is 11.5 Å². The standard InChI is InChI=1S/C14H12BrFO2/c1-9(17)10-5-6-14(13(16)7-10)18-12-4-2-3-11(15)8-12/h2-9,17H,1H3. The molecule has 2 aromatic carbocycles. The predicted molar refractivity (Wildman–Crippen MR) is 71.2 cm³/mol. The van der Waals surface area contributed by atoms with Gasteiger partial charge in [-0.1, -0.05) is 28.1 Å². The summed E-state index contributed by atoms with van der Waals surface area (Å²) in [5, 5.41) is 9.35. The Morgan fingerprint density at radius 3 is 2.61 bits per heavy atom. The van der Waals surface area contributed by atoms with Gasteiger partial charge in [0, 0.05) is 4.47 Å². The maximum Gasteiger partial charge on any atom is 0.166 e. The fraction of sp³-hybridized carbons (Fsp3) is 0.143. The van der Waals surface area contributed by atoms with Gasteiger partial charge in [0.05, 0.1) is 6.10 Å². The second-order valence-electron chi connectivity index (χ2n) is 3.93. The van der Waals surface area contributed by atoms with Crippen LogP contribution in [-0.4, -0.2) is 5.11 Å². The Bertz CT molecular complexity index is 555. The molecule has 0 amide bonds. The lowest BCUT2D eigenvalue weighted by Crippen LogP contribution is -1.94. The average molecular weight is 311 g/mol. The minimum atomic E-state index is -0.695. The molecular weight excluding hydrogens is 299 g/mol. The molecule has 0 bridgehead atoms. The molecule has 0 saturated heterocycles. The molecule has 2 aromatic rings. The van der Waals surface area contributed by atoms with Gasteiger partial charge in [0.25, 0.3) is 0 Å². The van der Waals surface area contributed by atoms with Gasteiger partial charge in [-0.05, 0) is 42.8 Å². The monoisotopic (exact) mass is 310 g/mol. The Morgan fingerprint density at radius 1 is 1.22 bits per heavy atom. The van der Waals surface area contributed by atoms with E-state index in [1.54, 1.807) is 25.1 Å². The third-order valence-electron chi connectivity index (χ3n) is 2.46. The first-order valence-corrected chi connectivity index (χ1v) is 6.26. The summed E-state index contributed by atoms with van der Waals surface area (Å²) in [6, 6.07) is 11.6. The number of aliphatic hydroxyl groups is 1. The Balaban J connectivity index is 2.24. The average Bonchev–Trinajstić information content (AvgIpc) is 2.31. The van der Waals surface area contributed by atoms with Gasteiger partial charge in [-0.3, -0.25) is 0 Å². The van der Waals surface area contributed by atoms with Gasteiger partial charge in [0.2, 0.25) is 0 Å². The zero-order valence-electron chi connectivity index (χ0n) is 9.73. The molecule has 0 heterocycles. The van der Waals surface area contributed by atoms with Crippen LogP contribution in [0.5, 0.6) is 11.5 Å². The highest BCUT2D eigenvalue weighted by atomic mass is 79.9. The summed E-state index contributed by atoms with van der Waals surface area (Å²) >= 11 is 3.32. The van der Waals surface area contributed by atoms with Crippen molar-refractivity contribution in [3.05, 3.63) is 58.3 Å². The van der Waals surface area contributed by atoms with Crippen LogP contribution in [-0.2, 0) is 0 Å². The van der Waals surface area contributed by atoms with Crippen molar-refractivity contribution >= 4 is 15.9 Å². The second-order valence-corrected chi connectivity index (χ2v) is 4.84. The molecule has 0 spiro atoms. The zero-order valence-corrected chi connectivity index (χ0v) is 11.3. The number of hydrogen-bond donors (Lipinski definition) is 1. The molecular formula is C14H12BrFO2. The maximum atomic E-state index is 13.7. The van der Waals surface area contributed by atoms with Crippen molar-refractivity contribution in [1.29, 1.82) is 0 Å². The van der Waals surface area contributed by atoms with Crippen LogP contribution in [0.2, 0.25) is 0 Å². The summed E-state index contributed by atoms with van der Waals surface area (Å²) in [7, 11) is 0. The highest BCUT2D eigenvalue weighted by molar-refractivity contribution is 9.10. The van der Waals surface area contributed by atoms with E-state index in [9.17, 15) is 9.50 Å². The van der Waals surface area contributed by atoms with E-state index in [1.807, 2.05) is 12.1 Å². The van der Waals surface area contributed by atoms with Crippen LogP contribution in [0.15, 0.2) is 46.9 Å². The molecule has 4 heteroatoms. The van der Waals surface area contributed by atoms with Crippen molar-refractivity contribution in [2.75, 3.05) is 0 Å². The number of hydrogen-bond acceptors (Lipinski definition) is 2. The van der Waals surface area contributed by atoms with Crippen LogP contribution >= 0.6 is 15.9 Å². The Morgan fingerprint density at radius 2 is 2.00 bits per heavy atom. The fourth-order valence-corrected chi connectivity index (χ4v) is 1.90. The molecule has 0 radical (unpaired) electrons. The van der Waals surface area contributed by atoms with E-state index >= 15 is 0 Å². The van der Waals surface area contributed by atoms with Gasteiger partial charge in [0.1, 0.15) is 5.75 Å². The number of ether oxygens (including phenoxy) is 1. The molecule has 2 rings (SSSR count). The van der Waals surface area contributed by atoms with E-state index in [-0.39, 0.29) is 5.75 Å². The van der Waals surface area contributed by atoms with Gasteiger partial charge in [-0.2, -0.15) is 0 Å². The zero-order chi connectivity index (χ0) is 13.1. The van der Waals surface area contributed by atoms with Crippen LogP contribution in [0.4, 0.5) is 4.39 Å². The van der Waals surface area contributed by atoms with Crippen LogP contribution in [0, 0.1) is 5.82 Å². The SMILES string of the molecule is CC(O)c1ccc(Oc2cccc(Br)c2)c(F)c1. The molecule has 94 valence electrons. The molecule has 0 aliphatic heterocycles. The van der Waals surface area contributed by atoms with Gasteiger partial charge in [-0.25, -0.2) is 4.39 Å². The van der Waals surface area contributed by atoms with Gasteiger partial charge < -0.3 is 9.84 Å². The van der Waals surface area contributed by atoms with E-state index in [4.69, 9.17) is 4.74 Å². The van der Waals surface area contributed by atoms with Crippen molar-refractivity contribution in [2.24, 2.45) is 0 Å². The molecule has 1 unspecified atom stereocenters. The van der Waals surface area contributed by atoms with Gasteiger partial charge in [0.15, 0.2) is 11.6 Å². The normalized spacial score (nSPS) is 12.2. The van der Waals surface area contributed by atoms with Gasteiger partial charge >= 0.3 is 0 Å².